The summed E-state index contributed by atoms with van der Waals surface area (Å²) in [5.74, 6) is -0.782. The van der Waals surface area contributed by atoms with Crippen molar-refractivity contribution in [1.82, 2.24) is 5.43 Å². The third kappa shape index (κ3) is 4.71. The number of nitro benzene ring substituents is 1. The largest absolute Gasteiger partial charge is 0.502 e. The van der Waals surface area contributed by atoms with Gasteiger partial charge < -0.3 is 10.4 Å². The molecule has 0 atom stereocenters. The number of phenols is 1. The van der Waals surface area contributed by atoms with Gasteiger partial charge in [0.1, 0.15) is 5.82 Å². The minimum absolute atomic E-state index is 0.168. The maximum Gasteiger partial charge on any atom is 0.311 e. The number of nitro groups is 1. The van der Waals surface area contributed by atoms with Crippen LogP contribution in [0.5, 0.6) is 5.75 Å². The van der Waals surface area contributed by atoms with Crippen molar-refractivity contribution in [3.8, 4) is 5.75 Å². The molecule has 2 aromatic carbocycles. The lowest BCUT2D eigenvalue weighted by molar-refractivity contribution is -0.385. The van der Waals surface area contributed by atoms with Crippen LogP contribution in [0, 0.1) is 15.9 Å². The summed E-state index contributed by atoms with van der Waals surface area (Å²) in [5.41, 5.74) is 3.10. The zero-order valence-electron chi connectivity index (χ0n) is 11.6. The summed E-state index contributed by atoms with van der Waals surface area (Å²) in [6.45, 7) is 0. The molecule has 0 aliphatic rings. The summed E-state index contributed by atoms with van der Waals surface area (Å²) in [6, 6.07) is 9.43. The normalized spacial score (nSPS) is 10.5. The summed E-state index contributed by atoms with van der Waals surface area (Å²) < 4.78 is 12.8. The molecule has 0 spiro atoms. The van der Waals surface area contributed by atoms with E-state index in [1.54, 1.807) is 0 Å². The quantitative estimate of drug-likeness (QED) is 0.344. The molecule has 0 unspecified atom stereocenters. The molecule has 0 saturated heterocycles. The number of anilines is 1. The average molecular weight is 334 g/mol. The molecule has 0 aliphatic heterocycles. The summed E-state index contributed by atoms with van der Waals surface area (Å²) >= 11 is 4.99. The van der Waals surface area contributed by atoms with Gasteiger partial charge in [-0.2, -0.15) is 5.10 Å². The summed E-state index contributed by atoms with van der Waals surface area (Å²) in [6.07, 6.45) is 1.31. The van der Waals surface area contributed by atoms with Gasteiger partial charge in [-0.25, -0.2) is 4.39 Å². The van der Waals surface area contributed by atoms with Gasteiger partial charge in [-0.1, -0.05) is 0 Å². The van der Waals surface area contributed by atoms with Gasteiger partial charge in [0.2, 0.25) is 0 Å². The summed E-state index contributed by atoms with van der Waals surface area (Å²) in [7, 11) is 0. The number of benzene rings is 2. The average Bonchev–Trinajstić information content (AvgIpc) is 2.51. The summed E-state index contributed by atoms with van der Waals surface area (Å²) in [4.78, 5) is 10.0. The van der Waals surface area contributed by atoms with Crippen molar-refractivity contribution in [3.05, 3.63) is 64.0 Å². The number of rotatable bonds is 4. The molecule has 2 aromatic rings. The second-order valence-electron chi connectivity index (χ2n) is 4.34. The van der Waals surface area contributed by atoms with Crippen LogP contribution in [0.3, 0.4) is 0 Å². The molecule has 3 N–H and O–H groups in total. The van der Waals surface area contributed by atoms with Crippen LogP contribution in [-0.2, 0) is 0 Å². The van der Waals surface area contributed by atoms with E-state index >= 15 is 0 Å². The molecule has 0 heterocycles. The molecule has 118 valence electrons. The van der Waals surface area contributed by atoms with Crippen LogP contribution in [0.15, 0.2) is 47.6 Å². The second-order valence-corrected chi connectivity index (χ2v) is 4.74. The van der Waals surface area contributed by atoms with Gasteiger partial charge in [0.05, 0.1) is 11.1 Å². The molecule has 7 nitrogen and oxygen atoms in total. The molecule has 2 rings (SSSR count). The molecular formula is C14H11FN4O3S. The first-order valence-electron chi connectivity index (χ1n) is 6.29. The van der Waals surface area contributed by atoms with E-state index in [2.05, 4.69) is 15.8 Å². The van der Waals surface area contributed by atoms with Gasteiger partial charge >= 0.3 is 5.69 Å². The Morgan fingerprint density at radius 3 is 2.65 bits per heavy atom. The SMILES string of the molecule is O=[N+]([O-])c1cc(/C=N/NC(=S)Nc2ccc(F)cc2)ccc1O. The first kappa shape index (κ1) is 16.3. The third-order valence-corrected chi connectivity index (χ3v) is 2.87. The molecule has 23 heavy (non-hydrogen) atoms. The maximum absolute atomic E-state index is 12.8. The Hall–Kier alpha value is -3.07. The highest BCUT2D eigenvalue weighted by atomic mass is 32.1. The predicted octanol–water partition coefficient (Wildman–Crippen LogP) is 2.76. The van der Waals surface area contributed by atoms with E-state index < -0.39 is 16.4 Å². The van der Waals surface area contributed by atoms with Gasteiger partial charge in [-0.3, -0.25) is 15.5 Å². The smallest absolute Gasteiger partial charge is 0.311 e. The Morgan fingerprint density at radius 2 is 2.00 bits per heavy atom. The van der Waals surface area contributed by atoms with Crippen LogP contribution in [0.1, 0.15) is 5.56 Å². The number of nitrogens with one attached hydrogen (secondary N) is 2. The monoisotopic (exact) mass is 334 g/mol. The molecule has 0 aliphatic carbocycles. The van der Waals surface area contributed by atoms with E-state index in [0.717, 1.165) is 0 Å². The van der Waals surface area contributed by atoms with Crippen molar-refractivity contribution in [1.29, 1.82) is 0 Å². The van der Waals surface area contributed by atoms with Crippen molar-refractivity contribution in [3.63, 3.8) is 0 Å². The highest BCUT2D eigenvalue weighted by Gasteiger charge is 2.12. The van der Waals surface area contributed by atoms with Crippen molar-refractivity contribution in [2.24, 2.45) is 5.10 Å². The highest BCUT2D eigenvalue weighted by Crippen LogP contribution is 2.25. The minimum atomic E-state index is -0.694. The van der Waals surface area contributed by atoms with E-state index in [-0.39, 0.29) is 10.9 Å². The lowest BCUT2D eigenvalue weighted by atomic mass is 10.2. The van der Waals surface area contributed by atoms with Crippen molar-refractivity contribution in [2.75, 3.05) is 5.32 Å². The van der Waals surface area contributed by atoms with E-state index in [1.165, 1.54) is 48.7 Å². The number of phenolic OH excluding ortho intramolecular Hbond substituents is 1. The Balaban J connectivity index is 1.96. The highest BCUT2D eigenvalue weighted by molar-refractivity contribution is 7.80. The fraction of sp³-hybridized carbons (Fsp3) is 0. The Labute approximate surface area is 135 Å². The van der Waals surface area contributed by atoms with E-state index in [1.807, 2.05) is 0 Å². The van der Waals surface area contributed by atoms with Crippen LogP contribution < -0.4 is 10.7 Å². The van der Waals surface area contributed by atoms with Gasteiger partial charge in [-0.05, 0) is 48.6 Å². The number of aromatic hydroxyl groups is 1. The predicted molar refractivity (Wildman–Crippen MR) is 88.1 cm³/mol. The number of hydrazone groups is 1. The molecule has 0 radical (unpaired) electrons. The van der Waals surface area contributed by atoms with Gasteiger partial charge in [0.15, 0.2) is 10.9 Å². The number of hydrogen-bond donors (Lipinski definition) is 3. The van der Waals surface area contributed by atoms with Crippen LogP contribution in [0.25, 0.3) is 0 Å². The fourth-order valence-corrected chi connectivity index (χ4v) is 1.80. The third-order valence-electron chi connectivity index (χ3n) is 2.68. The lowest BCUT2D eigenvalue weighted by Gasteiger charge is -2.06. The van der Waals surface area contributed by atoms with Crippen molar-refractivity contribution >= 4 is 34.9 Å². The van der Waals surface area contributed by atoms with E-state index in [9.17, 15) is 19.6 Å². The topological polar surface area (TPSA) is 99.8 Å². The number of halogens is 1. The second kappa shape index (κ2) is 7.27. The molecule has 0 aromatic heterocycles. The Kier molecular flexibility index (Phi) is 5.15. The van der Waals surface area contributed by atoms with Crippen LogP contribution >= 0.6 is 12.2 Å². The zero-order chi connectivity index (χ0) is 16.8. The fourth-order valence-electron chi connectivity index (χ4n) is 1.62. The van der Waals surface area contributed by atoms with Crippen LogP contribution in [-0.4, -0.2) is 21.4 Å². The van der Waals surface area contributed by atoms with Crippen molar-refractivity contribution < 1.29 is 14.4 Å². The van der Waals surface area contributed by atoms with E-state index in [0.29, 0.717) is 11.3 Å². The van der Waals surface area contributed by atoms with E-state index in [4.69, 9.17) is 12.2 Å². The van der Waals surface area contributed by atoms with Crippen molar-refractivity contribution in [2.45, 2.75) is 0 Å². The zero-order valence-corrected chi connectivity index (χ0v) is 12.4. The molecule has 0 bridgehead atoms. The molecule has 0 saturated carbocycles. The number of hydrogen-bond acceptors (Lipinski definition) is 5. The summed E-state index contributed by atoms with van der Waals surface area (Å²) in [5, 5.41) is 26.8. The van der Waals surface area contributed by atoms with Crippen LogP contribution in [0.4, 0.5) is 15.8 Å². The van der Waals surface area contributed by atoms with Crippen LogP contribution in [0.2, 0.25) is 0 Å². The first-order chi connectivity index (χ1) is 11.0. The number of thiocarbonyl (C=S) groups is 1. The minimum Gasteiger partial charge on any atom is -0.502 e. The maximum atomic E-state index is 12.8. The Morgan fingerprint density at radius 1 is 1.30 bits per heavy atom. The standard InChI is InChI=1S/C14H11FN4O3S/c15-10-2-4-11(5-3-10)17-14(23)18-16-8-9-1-6-13(20)12(7-9)19(21)22/h1-8,20H,(H2,17,18,23)/b16-8+. The molecule has 0 amide bonds. The lowest BCUT2D eigenvalue weighted by Crippen LogP contribution is -2.23. The first-order valence-corrected chi connectivity index (χ1v) is 6.69. The van der Waals surface area contributed by atoms with Gasteiger partial charge in [0.25, 0.3) is 0 Å². The number of nitrogens with zero attached hydrogens (tertiary/aromatic N) is 2. The Bertz CT molecular complexity index is 765. The molecular weight excluding hydrogens is 323 g/mol. The van der Waals surface area contributed by atoms with Gasteiger partial charge in [0, 0.05) is 17.3 Å². The molecule has 0 fully saturated rings. The van der Waals surface area contributed by atoms with Gasteiger partial charge in [-0.15, -0.1) is 0 Å². The molecule has 9 heteroatoms.